The van der Waals surface area contributed by atoms with Crippen LogP contribution in [0.15, 0.2) is 48.5 Å². The molecular formula is C14H13Cl2NO. The normalized spacial score (nSPS) is 12.2. The molecule has 0 aromatic heterocycles. The van der Waals surface area contributed by atoms with Gasteiger partial charge in [0.2, 0.25) is 0 Å². The highest BCUT2D eigenvalue weighted by Crippen LogP contribution is 2.18. The van der Waals surface area contributed by atoms with Crippen LogP contribution in [0.5, 0.6) is 5.75 Å². The molecule has 0 spiro atoms. The molecule has 0 amide bonds. The zero-order chi connectivity index (χ0) is 13.0. The van der Waals surface area contributed by atoms with Gasteiger partial charge in [-0.25, -0.2) is 0 Å². The summed E-state index contributed by atoms with van der Waals surface area (Å²) in [7, 11) is 0. The molecule has 0 bridgehead atoms. The summed E-state index contributed by atoms with van der Waals surface area (Å²) in [5, 5.41) is 1.38. The maximum atomic E-state index is 6.03. The largest absolute Gasteiger partial charge is 0.492 e. The minimum absolute atomic E-state index is 0.182. The smallest absolute Gasteiger partial charge is 0.119 e. The fourth-order valence-corrected chi connectivity index (χ4v) is 1.78. The molecule has 0 heterocycles. The van der Waals surface area contributed by atoms with Crippen molar-refractivity contribution in [1.82, 2.24) is 0 Å². The summed E-state index contributed by atoms with van der Waals surface area (Å²) in [4.78, 5) is 0. The minimum atomic E-state index is -0.182. The van der Waals surface area contributed by atoms with Crippen LogP contribution < -0.4 is 10.5 Å². The lowest BCUT2D eigenvalue weighted by molar-refractivity contribution is 0.290. The Balaban J connectivity index is 1.93. The molecule has 0 saturated carbocycles. The monoisotopic (exact) mass is 281 g/mol. The van der Waals surface area contributed by atoms with Crippen LogP contribution in [0, 0.1) is 0 Å². The fourth-order valence-electron chi connectivity index (χ4n) is 1.52. The van der Waals surface area contributed by atoms with Crippen molar-refractivity contribution in [3.8, 4) is 5.75 Å². The maximum Gasteiger partial charge on any atom is 0.119 e. The van der Waals surface area contributed by atoms with Gasteiger partial charge >= 0.3 is 0 Å². The first-order chi connectivity index (χ1) is 8.65. The van der Waals surface area contributed by atoms with E-state index in [1.807, 2.05) is 36.4 Å². The topological polar surface area (TPSA) is 35.2 Å². The lowest BCUT2D eigenvalue weighted by Crippen LogP contribution is -2.18. The average Bonchev–Trinajstić information content (AvgIpc) is 2.38. The summed E-state index contributed by atoms with van der Waals surface area (Å²) in [5.41, 5.74) is 7.02. The van der Waals surface area contributed by atoms with E-state index in [0.29, 0.717) is 16.7 Å². The summed E-state index contributed by atoms with van der Waals surface area (Å²) in [6.07, 6.45) is 0. The molecule has 2 aromatic carbocycles. The van der Waals surface area contributed by atoms with Crippen LogP contribution >= 0.6 is 23.2 Å². The molecule has 2 rings (SSSR count). The highest BCUT2D eigenvalue weighted by Gasteiger charge is 2.06. The van der Waals surface area contributed by atoms with Gasteiger partial charge in [-0.3, -0.25) is 0 Å². The summed E-state index contributed by atoms with van der Waals surface area (Å²) in [6, 6.07) is 14.5. The van der Waals surface area contributed by atoms with Crippen LogP contribution in [0.1, 0.15) is 11.6 Å². The van der Waals surface area contributed by atoms with Crippen LogP contribution in [0.2, 0.25) is 10.0 Å². The molecule has 0 aliphatic rings. The molecule has 0 saturated heterocycles. The Hall–Kier alpha value is -1.22. The first-order valence-corrected chi connectivity index (χ1v) is 6.30. The second-order valence-electron chi connectivity index (χ2n) is 3.92. The van der Waals surface area contributed by atoms with E-state index in [1.54, 1.807) is 12.1 Å². The molecule has 0 radical (unpaired) electrons. The highest BCUT2D eigenvalue weighted by atomic mass is 35.5. The maximum absolute atomic E-state index is 6.03. The molecule has 2 N–H and O–H groups in total. The minimum Gasteiger partial charge on any atom is -0.492 e. The van der Waals surface area contributed by atoms with Crippen molar-refractivity contribution < 1.29 is 4.74 Å². The molecule has 94 valence electrons. The van der Waals surface area contributed by atoms with E-state index >= 15 is 0 Å². The molecule has 18 heavy (non-hydrogen) atoms. The predicted molar refractivity (Wildman–Crippen MR) is 75.3 cm³/mol. The van der Waals surface area contributed by atoms with Gasteiger partial charge in [-0.05, 0) is 42.0 Å². The quantitative estimate of drug-likeness (QED) is 0.917. The van der Waals surface area contributed by atoms with Crippen molar-refractivity contribution >= 4 is 23.2 Å². The van der Waals surface area contributed by atoms with Gasteiger partial charge in [-0.15, -0.1) is 0 Å². The van der Waals surface area contributed by atoms with Crippen molar-refractivity contribution in [2.45, 2.75) is 6.04 Å². The summed E-state index contributed by atoms with van der Waals surface area (Å²) >= 11 is 11.6. The first kappa shape index (κ1) is 13.2. The fraction of sp³-hybridized carbons (Fsp3) is 0.143. The van der Waals surface area contributed by atoms with E-state index in [0.717, 1.165) is 11.3 Å². The van der Waals surface area contributed by atoms with Crippen LogP contribution in [0.4, 0.5) is 0 Å². The average molecular weight is 282 g/mol. The number of rotatable bonds is 4. The van der Waals surface area contributed by atoms with Crippen LogP contribution in [0.25, 0.3) is 0 Å². The Morgan fingerprint density at radius 3 is 1.94 bits per heavy atom. The zero-order valence-corrected chi connectivity index (χ0v) is 11.2. The van der Waals surface area contributed by atoms with E-state index in [2.05, 4.69) is 0 Å². The molecule has 0 aliphatic heterocycles. The standard InChI is InChI=1S/C14H13Cl2NO/c15-11-3-1-10(2-4-11)14(17)9-18-13-7-5-12(16)6-8-13/h1-8,14H,9,17H2. The van der Waals surface area contributed by atoms with Crippen molar-refractivity contribution in [2.75, 3.05) is 6.61 Å². The van der Waals surface area contributed by atoms with Crippen molar-refractivity contribution in [1.29, 1.82) is 0 Å². The SMILES string of the molecule is NC(COc1ccc(Cl)cc1)c1ccc(Cl)cc1. The van der Waals surface area contributed by atoms with Gasteiger partial charge in [-0.1, -0.05) is 35.3 Å². The molecule has 1 atom stereocenters. The third-order valence-corrected chi connectivity index (χ3v) is 3.05. The molecule has 2 aromatic rings. The summed E-state index contributed by atoms with van der Waals surface area (Å²) < 4.78 is 5.59. The summed E-state index contributed by atoms with van der Waals surface area (Å²) in [6.45, 7) is 0.406. The Labute approximate surface area is 116 Å². The third-order valence-electron chi connectivity index (χ3n) is 2.54. The van der Waals surface area contributed by atoms with Gasteiger partial charge in [0.05, 0.1) is 6.04 Å². The van der Waals surface area contributed by atoms with E-state index < -0.39 is 0 Å². The van der Waals surface area contributed by atoms with Gasteiger partial charge in [0.1, 0.15) is 12.4 Å². The second-order valence-corrected chi connectivity index (χ2v) is 4.80. The number of ether oxygens (including phenoxy) is 1. The van der Waals surface area contributed by atoms with Crippen molar-refractivity contribution in [3.63, 3.8) is 0 Å². The Morgan fingerprint density at radius 1 is 0.889 bits per heavy atom. The number of benzene rings is 2. The predicted octanol–water partition coefficient (Wildman–Crippen LogP) is 4.07. The van der Waals surface area contributed by atoms with Crippen LogP contribution in [0.3, 0.4) is 0 Å². The Kier molecular flexibility index (Phi) is 4.48. The number of hydrogen-bond donors (Lipinski definition) is 1. The second kappa shape index (κ2) is 6.10. The number of hydrogen-bond acceptors (Lipinski definition) is 2. The lowest BCUT2D eigenvalue weighted by Gasteiger charge is -2.13. The van der Waals surface area contributed by atoms with E-state index in [1.165, 1.54) is 0 Å². The third kappa shape index (κ3) is 3.64. The molecule has 2 nitrogen and oxygen atoms in total. The molecular weight excluding hydrogens is 269 g/mol. The van der Waals surface area contributed by atoms with Gasteiger partial charge in [0.25, 0.3) is 0 Å². The van der Waals surface area contributed by atoms with Gasteiger partial charge < -0.3 is 10.5 Å². The molecule has 0 fully saturated rings. The van der Waals surface area contributed by atoms with Crippen molar-refractivity contribution in [3.05, 3.63) is 64.1 Å². The lowest BCUT2D eigenvalue weighted by atomic mass is 10.1. The van der Waals surface area contributed by atoms with Crippen molar-refractivity contribution in [2.24, 2.45) is 5.73 Å². The molecule has 1 unspecified atom stereocenters. The van der Waals surface area contributed by atoms with Gasteiger partial charge in [-0.2, -0.15) is 0 Å². The zero-order valence-electron chi connectivity index (χ0n) is 9.64. The Morgan fingerprint density at radius 2 is 1.39 bits per heavy atom. The Bertz CT molecular complexity index is 496. The molecule has 0 aliphatic carbocycles. The number of halogens is 2. The summed E-state index contributed by atoms with van der Waals surface area (Å²) in [5.74, 6) is 0.754. The van der Waals surface area contributed by atoms with E-state index in [-0.39, 0.29) is 6.04 Å². The number of nitrogens with two attached hydrogens (primary N) is 1. The highest BCUT2D eigenvalue weighted by molar-refractivity contribution is 6.30. The van der Waals surface area contributed by atoms with E-state index in [4.69, 9.17) is 33.7 Å². The first-order valence-electron chi connectivity index (χ1n) is 5.54. The van der Waals surface area contributed by atoms with Crippen LogP contribution in [-0.2, 0) is 0 Å². The molecule has 4 heteroatoms. The van der Waals surface area contributed by atoms with E-state index in [9.17, 15) is 0 Å². The van der Waals surface area contributed by atoms with Gasteiger partial charge in [0.15, 0.2) is 0 Å². The van der Waals surface area contributed by atoms with Crippen LogP contribution in [-0.4, -0.2) is 6.61 Å². The van der Waals surface area contributed by atoms with Gasteiger partial charge in [0, 0.05) is 10.0 Å².